The second-order valence-corrected chi connectivity index (χ2v) is 3.52. The molecule has 0 aliphatic carbocycles. The lowest BCUT2D eigenvalue weighted by Crippen LogP contribution is -2.35. The smallest absolute Gasteiger partial charge is 0.207 e. The molecule has 0 atom stereocenters. The Morgan fingerprint density at radius 3 is 2.94 bits per heavy atom. The van der Waals surface area contributed by atoms with Crippen molar-refractivity contribution in [2.24, 2.45) is 4.99 Å². The summed E-state index contributed by atoms with van der Waals surface area (Å²) in [4.78, 5) is 9.74. The summed E-state index contributed by atoms with van der Waals surface area (Å²) in [5.41, 5.74) is 0.993. The number of halogens is 1. The number of rotatable bonds is 2. The van der Waals surface area contributed by atoms with E-state index in [9.17, 15) is 0 Å². The van der Waals surface area contributed by atoms with E-state index in [2.05, 4.69) is 15.3 Å². The number of nitriles is 1. The van der Waals surface area contributed by atoms with Crippen LogP contribution in [0.3, 0.4) is 0 Å². The van der Waals surface area contributed by atoms with Gasteiger partial charge in [-0.1, -0.05) is 17.7 Å². The van der Waals surface area contributed by atoms with Gasteiger partial charge >= 0.3 is 0 Å². The largest absolute Gasteiger partial charge is 0.341 e. The number of nitrogens with zero attached hydrogens (tertiary/aromatic N) is 4. The molecule has 16 heavy (non-hydrogen) atoms. The minimum absolute atomic E-state index is 0.464. The Bertz CT molecular complexity index is 406. The van der Waals surface area contributed by atoms with Gasteiger partial charge in [-0.15, -0.1) is 0 Å². The Hall–Kier alpha value is -1.80. The molecule has 0 aliphatic heterocycles. The molecule has 1 rings (SSSR count). The molecule has 0 aliphatic rings. The summed E-state index contributed by atoms with van der Waals surface area (Å²) in [5, 5.41) is 11.5. The third kappa shape index (κ3) is 3.41. The Kier molecular flexibility index (Phi) is 4.55. The fourth-order valence-electron chi connectivity index (χ4n) is 1.22. The first kappa shape index (κ1) is 12.3. The number of aliphatic imine (C=N–C) groups is 1. The van der Waals surface area contributed by atoms with Crippen LogP contribution in [0.5, 0.6) is 0 Å². The van der Waals surface area contributed by atoms with Gasteiger partial charge in [-0.2, -0.15) is 5.26 Å². The van der Waals surface area contributed by atoms with Crippen LogP contribution in [0, 0.1) is 11.5 Å². The second kappa shape index (κ2) is 5.93. The third-order valence-corrected chi connectivity index (χ3v) is 2.17. The molecule has 0 spiro atoms. The van der Waals surface area contributed by atoms with Crippen molar-refractivity contribution >= 4 is 17.6 Å². The summed E-state index contributed by atoms with van der Waals surface area (Å²) in [6.07, 6.45) is 3.53. The highest BCUT2D eigenvalue weighted by Crippen LogP contribution is 2.07. The molecule has 0 amide bonds. The van der Waals surface area contributed by atoms with Gasteiger partial charge in [0.15, 0.2) is 6.19 Å². The van der Waals surface area contributed by atoms with Gasteiger partial charge < -0.3 is 4.90 Å². The molecule has 0 aromatic carbocycles. The number of hydrogen-bond donors (Lipinski definition) is 1. The van der Waals surface area contributed by atoms with Crippen LogP contribution in [0.15, 0.2) is 23.3 Å². The van der Waals surface area contributed by atoms with E-state index in [0.29, 0.717) is 17.7 Å². The lowest BCUT2D eigenvalue weighted by Gasteiger charge is -2.19. The van der Waals surface area contributed by atoms with E-state index in [0.717, 1.165) is 5.56 Å². The van der Waals surface area contributed by atoms with E-state index in [-0.39, 0.29) is 0 Å². The molecule has 0 saturated heterocycles. The van der Waals surface area contributed by atoms with Crippen molar-refractivity contribution < 1.29 is 0 Å². The van der Waals surface area contributed by atoms with Crippen LogP contribution >= 0.6 is 11.6 Å². The maximum absolute atomic E-state index is 8.52. The summed E-state index contributed by atoms with van der Waals surface area (Å²) in [5.74, 6) is 0.512. The molecule has 0 unspecified atom stereocenters. The molecule has 0 radical (unpaired) electrons. The van der Waals surface area contributed by atoms with E-state index >= 15 is 0 Å². The Balaban J connectivity index is 2.67. The molecule has 1 N–H and O–H groups in total. The number of aromatic nitrogens is 1. The van der Waals surface area contributed by atoms with Gasteiger partial charge in [-0.25, -0.2) is 4.98 Å². The molecule has 6 heteroatoms. The average molecular weight is 238 g/mol. The van der Waals surface area contributed by atoms with Crippen molar-refractivity contribution in [3.8, 4) is 6.19 Å². The molecule has 5 nitrogen and oxygen atoms in total. The monoisotopic (exact) mass is 237 g/mol. The maximum Gasteiger partial charge on any atom is 0.207 e. The zero-order valence-electron chi connectivity index (χ0n) is 9.11. The van der Waals surface area contributed by atoms with Gasteiger partial charge in [0.05, 0.1) is 0 Å². The van der Waals surface area contributed by atoms with Crippen molar-refractivity contribution in [3.63, 3.8) is 0 Å². The molecule has 0 fully saturated rings. The number of hydrogen-bond acceptors (Lipinski definition) is 3. The second-order valence-electron chi connectivity index (χ2n) is 3.13. The van der Waals surface area contributed by atoms with Gasteiger partial charge in [0.2, 0.25) is 5.96 Å². The molecule has 0 saturated carbocycles. The lowest BCUT2D eigenvalue weighted by atomic mass is 10.3. The highest BCUT2D eigenvalue weighted by molar-refractivity contribution is 6.29. The number of guanidine groups is 1. The van der Waals surface area contributed by atoms with Crippen molar-refractivity contribution in [2.75, 3.05) is 14.1 Å². The summed E-state index contributed by atoms with van der Waals surface area (Å²) in [6, 6.07) is 3.61. The maximum atomic E-state index is 8.52. The quantitative estimate of drug-likeness (QED) is 0.276. The summed E-state index contributed by atoms with van der Waals surface area (Å²) in [6.45, 7) is 0.603. The molecule has 1 aromatic heterocycles. The first-order valence-electron chi connectivity index (χ1n) is 4.61. The van der Waals surface area contributed by atoms with E-state index in [1.54, 1.807) is 19.3 Å². The minimum atomic E-state index is 0.464. The first-order chi connectivity index (χ1) is 7.67. The van der Waals surface area contributed by atoms with E-state index in [4.69, 9.17) is 16.9 Å². The topological polar surface area (TPSA) is 64.3 Å². The SMILES string of the molecule is CN=C(NC#N)N(C)Cc1ccc(Cl)nc1. The normalized spacial score (nSPS) is 10.8. The van der Waals surface area contributed by atoms with Crippen molar-refractivity contribution in [3.05, 3.63) is 29.0 Å². The van der Waals surface area contributed by atoms with Gasteiger partial charge in [0, 0.05) is 26.8 Å². The van der Waals surface area contributed by atoms with Gasteiger partial charge in [-0.05, 0) is 11.6 Å². The third-order valence-electron chi connectivity index (χ3n) is 1.95. The molecule has 0 bridgehead atoms. The number of pyridine rings is 1. The standard InChI is InChI=1S/C10H12ClN5/c1-13-10(15-7-12)16(2)6-8-3-4-9(11)14-5-8/h3-5H,6H2,1-2H3,(H,13,15). The highest BCUT2D eigenvalue weighted by atomic mass is 35.5. The lowest BCUT2D eigenvalue weighted by molar-refractivity contribution is 0.485. The Labute approximate surface area is 99.4 Å². The van der Waals surface area contributed by atoms with Gasteiger partial charge in [0.1, 0.15) is 5.15 Å². The average Bonchev–Trinajstić information content (AvgIpc) is 2.29. The van der Waals surface area contributed by atoms with Crippen LogP contribution in [0.1, 0.15) is 5.56 Å². The van der Waals surface area contributed by atoms with Crippen LogP contribution in [0.25, 0.3) is 0 Å². The van der Waals surface area contributed by atoms with Crippen LogP contribution in [0.2, 0.25) is 5.15 Å². The Morgan fingerprint density at radius 2 is 2.44 bits per heavy atom. The Morgan fingerprint density at radius 1 is 1.69 bits per heavy atom. The van der Waals surface area contributed by atoms with E-state index in [1.165, 1.54) is 0 Å². The predicted molar refractivity (Wildman–Crippen MR) is 62.8 cm³/mol. The zero-order chi connectivity index (χ0) is 12.0. The summed E-state index contributed by atoms with van der Waals surface area (Å²) >= 11 is 5.68. The minimum Gasteiger partial charge on any atom is -0.341 e. The molecule has 1 aromatic rings. The van der Waals surface area contributed by atoms with Crippen molar-refractivity contribution in [2.45, 2.75) is 6.54 Å². The molecular formula is C10H12ClN5. The van der Waals surface area contributed by atoms with Crippen LogP contribution < -0.4 is 5.32 Å². The van der Waals surface area contributed by atoms with Crippen molar-refractivity contribution in [1.29, 1.82) is 5.26 Å². The predicted octanol–water partition coefficient (Wildman–Crippen LogP) is 1.22. The number of nitrogens with one attached hydrogen (secondary N) is 1. The van der Waals surface area contributed by atoms with Crippen LogP contribution in [-0.2, 0) is 6.54 Å². The van der Waals surface area contributed by atoms with Crippen LogP contribution in [-0.4, -0.2) is 29.9 Å². The zero-order valence-corrected chi connectivity index (χ0v) is 9.86. The first-order valence-corrected chi connectivity index (χ1v) is 4.98. The molecular weight excluding hydrogens is 226 g/mol. The van der Waals surface area contributed by atoms with Gasteiger partial charge in [-0.3, -0.25) is 10.3 Å². The van der Waals surface area contributed by atoms with Gasteiger partial charge in [0.25, 0.3) is 0 Å². The summed E-state index contributed by atoms with van der Waals surface area (Å²) in [7, 11) is 3.46. The van der Waals surface area contributed by atoms with Crippen LogP contribution in [0.4, 0.5) is 0 Å². The van der Waals surface area contributed by atoms with E-state index in [1.807, 2.05) is 24.2 Å². The van der Waals surface area contributed by atoms with E-state index < -0.39 is 0 Å². The fraction of sp³-hybridized carbons (Fsp3) is 0.300. The van der Waals surface area contributed by atoms with Crippen molar-refractivity contribution in [1.82, 2.24) is 15.2 Å². The molecule has 1 heterocycles. The summed E-state index contributed by atoms with van der Waals surface area (Å²) < 4.78 is 0. The highest BCUT2D eigenvalue weighted by Gasteiger charge is 2.05. The molecule has 84 valence electrons. The fourth-order valence-corrected chi connectivity index (χ4v) is 1.33.